The summed E-state index contributed by atoms with van der Waals surface area (Å²) in [6.07, 6.45) is 0. The van der Waals surface area contributed by atoms with Crippen LogP contribution in [-0.2, 0) is 7.05 Å². The van der Waals surface area contributed by atoms with Crippen LogP contribution in [0.2, 0.25) is 0 Å². The van der Waals surface area contributed by atoms with Gasteiger partial charge in [-0.05, 0) is 13.8 Å². The van der Waals surface area contributed by atoms with Gasteiger partial charge in [0, 0.05) is 12.6 Å². The summed E-state index contributed by atoms with van der Waals surface area (Å²) in [5, 5.41) is 8.92. The van der Waals surface area contributed by atoms with Crippen LogP contribution >= 0.6 is 0 Å². The molecule has 16 heavy (non-hydrogen) atoms. The SMILES string of the molecule is Cc1ccc(-c2nc(C#N)c(C)n2C)cc1. The molecule has 1 heterocycles. The van der Waals surface area contributed by atoms with E-state index in [1.165, 1.54) is 5.56 Å². The van der Waals surface area contributed by atoms with Gasteiger partial charge in [0.2, 0.25) is 0 Å². The van der Waals surface area contributed by atoms with Crippen LogP contribution in [0.1, 0.15) is 17.0 Å². The predicted octanol–water partition coefficient (Wildman–Crippen LogP) is 2.58. The lowest BCUT2D eigenvalue weighted by atomic mass is 10.1. The van der Waals surface area contributed by atoms with E-state index < -0.39 is 0 Å². The van der Waals surface area contributed by atoms with E-state index in [2.05, 4.69) is 11.1 Å². The highest BCUT2D eigenvalue weighted by Crippen LogP contribution is 2.20. The molecule has 0 atom stereocenters. The molecule has 1 aromatic carbocycles. The average molecular weight is 211 g/mol. The first kappa shape index (κ1) is 10.4. The molecule has 0 aliphatic rings. The highest BCUT2D eigenvalue weighted by molar-refractivity contribution is 5.58. The molecule has 0 aliphatic carbocycles. The van der Waals surface area contributed by atoms with E-state index in [1.54, 1.807) is 0 Å². The molecule has 0 fully saturated rings. The molecule has 0 radical (unpaired) electrons. The van der Waals surface area contributed by atoms with E-state index in [1.807, 2.05) is 49.7 Å². The monoisotopic (exact) mass is 211 g/mol. The van der Waals surface area contributed by atoms with E-state index in [-0.39, 0.29) is 0 Å². The Labute approximate surface area is 95.0 Å². The molecular formula is C13H13N3. The summed E-state index contributed by atoms with van der Waals surface area (Å²) in [4.78, 5) is 4.33. The van der Waals surface area contributed by atoms with Gasteiger partial charge < -0.3 is 4.57 Å². The van der Waals surface area contributed by atoms with Crippen molar-refractivity contribution in [1.82, 2.24) is 9.55 Å². The number of rotatable bonds is 1. The Morgan fingerprint density at radius 3 is 2.31 bits per heavy atom. The van der Waals surface area contributed by atoms with Gasteiger partial charge in [0.25, 0.3) is 0 Å². The van der Waals surface area contributed by atoms with E-state index in [4.69, 9.17) is 5.26 Å². The van der Waals surface area contributed by atoms with Gasteiger partial charge in [0.05, 0.1) is 5.69 Å². The van der Waals surface area contributed by atoms with Gasteiger partial charge in [0.15, 0.2) is 5.69 Å². The largest absolute Gasteiger partial charge is 0.330 e. The summed E-state index contributed by atoms with van der Waals surface area (Å²) in [7, 11) is 1.93. The maximum Gasteiger partial charge on any atom is 0.162 e. The van der Waals surface area contributed by atoms with Crippen molar-refractivity contribution in [2.75, 3.05) is 0 Å². The Morgan fingerprint density at radius 1 is 1.19 bits per heavy atom. The van der Waals surface area contributed by atoms with Gasteiger partial charge in [-0.3, -0.25) is 0 Å². The van der Waals surface area contributed by atoms with Crippen LogP contribution in [0.15, 0.2) is 24.3 Å². The van der Waals surface area contributed by atoms with Crippen molar-refractivity contribution in [2.24, 2.45) is 7.05 Å². The number of imidazole rings is 1. The predicted molar refractivity (Wildman–Crippen MR) is 62.8 cm³/mol. The van der Waals surface area contributed by atoms with Crippen LogP contribution in [0, 0.1) is 25.2 Å². The Balaban J connectivity index is 2.57. The van der Waals surface area contributed by atoms with Crippen molar-refractivity contribution in [3.05, 3.63) is 41.2 Å². The number of benzene rings is 1. The molecule has 2 rings (SSSR count). The molecule has 0 aliphatic heterocycles. The van der Waals surface area contributed by atoms with E-state index in [9.17, 15) is 0 Å². The van der Waals surface area contributed by atoms with Crippen molar-refractivity contribution in [3.63, 3.8) is 0 Å². The second-order valence-corrected chi connectivity index (χ2v) is 3.91. The zero-order valence-electron chi connectivity index (χ0n) is 9.65. The first-order chi connectivity index (χ1) is 7.63. The molecule has 80 valence electrons. The fourth-order valence-corrected chi connectivity index (χ4v) is 1.65. The Bertz CT molecular complexity index is 556. The molecule has 0 bridgehead atoms. The zero-order valence-corrected chi connectivity index (χ0v) is 9.65. The fraction of sp³-hybridized carbons (Fsp3) is 0.231. The van der Waals surface area contributed by atoms with Crippen LogP contribution in [0.25, 0.3) is 11.4 Å². The van der Waals surface area contributed by atoms with E-state index in [0.717, 1.165) is 17.1 Å². The Kier molecular flexibility index (Phi) is 2.49. The first-order valence-electron chi connectivity index (χ1n) is 5.14. The molecule has 3 nitrogen and oxygen atoms in total. The van der Waals surface area contributed by atoms with E-state index >= 15 is 0 Å². The number of hydrogen-bond acceptors (Lipinski definition) is 2. The lowest BCUT2D eigenvalue weighted by Gasteiger charge is -2.03. The number of nitrogens with zero attached hydrogens (tertiary/aromatic N) is 3. The average Bonchev–Trinajstić information content (AvgIpc) is 2.57. The molecule has 0 amide bonds. The molecule has 1 aromatic heterocycles. The summed E-state index contributed by atoms with van der Waals surface area (Å²) in [6.45, 7) is 3.96. The van der Waals surface area contributed by atoms with Crippen molar-refractivity contribution in [1.29, 1.82) is 5.26 Å². The standard InChI is InChI=1S/C13H13N3/c1-9-4-6-11(7-5-9)13-15-12(8-14)10(2)16(13)3/h4-7H,1-3H3. The summed E-state index contributed by atoms with van der Waals surface area (Å²) >= 11 is 0. The van der Waals surface area contributed by atoms with Gasteiger partial charge in [-0.15, -0.1) is 0 Å². The van der Waals surface area contributed by atoms with E-state index in [0.29, 0.717) is 5.69 Å². The lowest BCUT2D eigenvalue weighted by molar-refractivity contribution is 0.883. The van der Waals surface area contributed by atoms with Gasteiger partial charge in [-0.25, -0.2) is 4.98 Å². The second kappa shape index (κ2) is 3.82. The van der Waals surface area contributed by atoms with Gasteiger partial charge in [-0.2, -0.15) is 5.26 Å². The maximum absolute atomic E-state index is 8.92. The molecular weight excluding hydrogens is 198 g/mol. The third-order valence-electron chi connectivity index (χ3n) is 2.80. The van der Waals surface area contributed by atoms with Crippen LogP contribution in [-0.4, -0.2) is 9.55 Å². The van der Waals surface area contributed by atoms with Gasteiger partial charge in [0.1, 0.15) is 11.9 Å². The van der Waals surface area contributed by atoms with Crippen molar-refractivity contribution in [3.8, 4) is 17.5 Å². The fourth-order valence-electron chi connectivity index (χ4n) is 1.65. The Hall–Kier alpha value is -2.08. The second-order valence-electron chi connectivity index (χ2n) is 3.91. The van der Waals surface area contributed by atoms with Crippen molar-refractivity contribution >= 4 is 0 Å². The maximum atomic E-state index is 8.92. The smallest absolute Gasteiger partial charge is 0.162 e. The lowest BCUT2D eigenvalue weighted by Crippen LogP contribution is -1.94. The minimum absolute atomic E-state index is 0.498. The van der Waals surface area contributed by atoms with Crippen molar-refractivity contribution in [2.45, 2.75) is 13.8 Å². The number of hydrogen-bond donors (Lipinski definition) is 0. The number of aryl methyl sites for hydroxylation is 1. The number of aromatic nitrogens is 2. The molecule has 0 saturated carbocycles. The normalized spacial score (nSPS) is 10.1. The minimum Gasteiger partial charge on any atom is -0.330 e. The first-order valence-corrected chi connectivity index (χ1v) is 5.14. The number of nitriles is 1. The third kappa shape index (κ3) is 1.59. The summed E-state index contributed by atoms with van der Waals surface area (Å²) in [5.74, 6) is 0.842. The molecule has 3 heteroatoms. The van der Waals surface area contributed by atoms with Crippen molar-refractivity contribution < 1.29 is 0 Å². The van der Waals surface area contributed by atoms with Crippen LogP contribution < -0.4 is 0 Å². The zero-order chi connectivity index (χ0) is 11.7. The summed E-state index contributed by atoms with van der Waals surface area (Å²) < 4.78 is 1.95. The summed E-state index contributed by atoms with van der Waals surface area (Å²) in [6, 6.07) is 10.3. The highest BCUT2D eigenvalue weighted by atomic mass is 15.1. The van der Waals surface area contributed by atoms with Gasteiger partial charge >= 0.3 is 0 Å². The van der Waals surface area contributed by atoms with Crippen LogP contribution in [0.5, 0.6) is 0 Å². The molecule has 0 N–H and O–H groups in total. The topological polar surface area (TPSA) is 41.6 Å². The Morgan fingerprint density at radius 2 is 1.81 bits per heavy atom. The quantitative estimate of drug-likeness (QED) is 0.727. The highest BCUT2D eigenvalue weighted by Gasteiger charge is 2.11. The van der Waals surface area contributed by atoms with Gasteiger partial charge in [-0.1, -0.05) is 29.8 Å². The molecule has 0 unspecified atom stereocenters. The minimum atomic E-state index is 0.498. The third-order valence-corrected chi connectivity index (χ3v) is 2.80. The molecule has 0 spiro atoms. The molecule has 0 saturated heterocycles. The summed E-state index contributed by atoms with van der Waals surface area (Å²) in [5.41, 5.74) is 3.66. The van der Waals surface area contributed by atoms with Crippen LogP contribution in [0.4, 0.5) is 0 Å². The molecule has 2 aromatic rings. The van der Waals surface area contributed by atoms with Crippen LogP contribution in [0.3, 0.4) is 0 Å².